The number of nitro benzene ring substituents is 1. The molecule has 0 unspecified atom stereocenters. The van der Waals surface area contributed by atoms with Crippen LogP contribution in [0.15, 0.2) is 48.5 Å². The van der Waals surface area contributed by atoms with Gasteiger partial charge in [0.25, 0.3) is 5.69 Å². The Kier molecular flexibility index (Phi) is 7.61. The van der Waals surface area contributed by atoms with Crippen LogP contribution in [-0.4, -0.2) is 10.8 Å². The number of anilines is 2. The van der Waals surface area contributed by atoms with Crippen LogP contribution in [0.3, 0.4) is 0 Å². The molecule has 0 spiro atoms. The second kappa shape index (κ2) is 10.2. The molecule has 0 bridgehead atoms. The lowest BCUT2D eigenvalue weighted by Crippen LogP contribution is -2.11. The van der Waals surface area contributed by atoms with Crippen molar-refractivity contribution in [3.63, 3.8) is 0 Å². The zero-order chi connectivity index (χ0) is 18.8. The molecule has 0 radical (unpaired) electrons. The fourth-order valence-electron chi connectivity index (χ4n) is 2.55. The highest BCUT2D eigenvalue weighted by molar-refractivity contribution is 5.90. The predicted octanol–water partition coefficient (Wildman–Crippen LogP) is 5.12. The SMILES string of the molecule is CCCCCCC(=O)Nc1ccc(NCc2ccc([N+](=O)[O-])cc2)cc1. The number of hydrogen-bond donors (Lipinski definition) is 2. The van der Waals surface area contributed by atoms with Crippen LogP contribution in [0.2, 0.25) is 0 Å². The zero-order valence-electron chi connectivity index (χ0n) is 15.0. The highest BCUT2D eigenvalue weighted by Crippen LogP contribution is 2.17. The number of benzene rings is 2. The molecule has 0 aliphatic rings. The van der Waals surface area contributed by atoms with Gasteiger partial charge in [-0.05, 0) is 36.2 Å². The predicted molar refractivity (Wildman–Crippen MR) is 104 cm³/mol. The van der Waals surface area contributed by atoms with Crippen molar-refractivity contribution in [1.29, 1.82) is 0 Å². The minimum absolute atomic E-state index is 0.0488. The van der Waals surface area contributed by atoms with Crippen LogP contribution in [0.4, 0.5) is 17.1 Å². The molecule has 26 heavy (non-hydrogen) atoms. The third-order valence-corrected chi connectivity index (χ3v) is 4.07. The maximum atomic E-state index is 11.9. The number of unbranched alkanes of at least 4 members (excludes halogenated alkanes) is 3. The topological polar surface area (TPSA) is 84.3 Å². The Morgan fingerprint density at radius 3 is 2.23 bits per heavy atom. The number of non-ortho nitro benzene ring substituents is 1. The molecule has 2 rings (SSSR count). The van der Waals surface area contributed by atoms with Crippen molar-refractivity contribution < 1.29 is 9.72 Å². The third kappa shape index (κ3) is 6.55. The van der Waals surface area contributed by atoms with Gasteiger partial charge in [-0.3, -0.25) is 14.9 Å². The lowest BCUT2D eigenvalue weighted by atomic mass is 10.1. The summed E-state index contributed by atoms with van der Waals surface area (Å²) in [6, 6.07) is 14.0. The number of rotatable bonds is 10. The van der Waals surface area contributed by atoms with Crippen molar-refractivity contribution in [2.24, 2.45) is 0 Å². The molecule has 0 saturated heterocycles. The number of nitrogens with one attached hydrogen (secondary N) is 2. The molecule has 2 N–H and O–H groups in total. The molecule has 0 atom stereocenters. The van der Waals surface area contributed by atoms with Gasteiger partial charge in [0.1, 0.15) is 0 Å². The molecular formula is C20H25N3O3. The molecule has 0 aliphatic carbocycles. The molecule has 0 saturated carbocycles. The van der Waals surface area contributed by atoms with Gasteiger partial charge >= 0.3 is 0 Å². The van der Waals surface area contributed by atoms with Gasteiger partial charge in [0.05, 0.1) is 4.92 Å². The summed E-state index contributed by atoms with van der Waals surface area (Å²) in [4.78, 5) is 22.1. The van der Waals surface area contributed by atoms with E-state index in [2.05, 4.69) is 17.6 Å². The minimum Gasteiger partial charge on any atom is -0.381 e. The Labute approximate surface area is 153 Å². The number of nitrogens with zero attached hydrogens (tertiary/aromatic N) is 1. The Bertz CT molecular complexity index is 712. The Morgan fingerprint density at radius 1 is 0.962 bits per heavy atom. The molecule has 2 aromatic carbocycles. The van der Waals surface area contributed by atoms with Crippen LogP contribution in [0.1, 0.15) is 44.6 Å². The summed E-state index contributed by atoms with van der Waals surface area (Å²) < 4.78 is 0. The highest BCUT2D eigenvalue weighted by Gasteiger charge is 2.04. The molecule has 138 valence electrons. The van der Waals surface area contributed by atoms with Crippen LogP contribution in [0, 0.1) is 10.1 Å². The van der Waals surface area contributed by atoms with Crippen LogP contribution in [0.25, 0.3) is 0 Å². The lowest BCUT2D eigenvalue weighted by Gasteiger charge is -2.09. The first-order valence-corrected chi connectivity index (χ1v) is 8.95. The number of hydrogen-bond acceptors (Lipinski definition) is 4. The number of nitro groups is 1. The number of carbonyl (C=O) groups is 1. The van der Waals surface area contributed by atoms with Crippen molar-refractivity contribution in [1.82, 2.24) is 0 Å². The van der Waals surface area contributed by atoms with E-state index in [1.54, 1.807) is 12.1 Å². The van der Waals surface area contributed by atoms with E-state index in [-0.39, 0.29) is 11.6 Å². The van der Waals surface area contributed by atoms with Gasteiger partial charge < -0.3 is 10.6 Å². The van der Waals surface area contributed by atoms with E-state index in [1.807, 2.05) is 24.3 Å². The average molecular weight is 355 g/mol. The van der Waals surface area contributed by atoms with E-state index in [0.717, 1.165) is 36.2 Å². The Hall–Kier alpha value is -2.89. The van der Waals surface area contributed by atoms with Crippen LogP contribution in [-0.2, 0) is 11.3 Å². The largest absolute Gasteiger partial charge is 0.381 e. The van der Waals surface area contributed by atoms with Crippen LogP contribution >= 0.6 is 0 Å². The normalized spacial score (nSPS) is 10.3. The van der Waals surface area contributed by atoms with E-state index < -0.39 is 4.92 Å². The second-order valence-corrected chi connectivity index (χ2v) is 6.21. The molecule has 0 aromatic heterocycles. The summed E-state index contributed by atoms with van der Waals surface area (Å²) in [6.45, 7) is 2.72. The maximum absolute atomic E-state index is 11.9. The number of amides is 1. The first kappa shape index (κ1) is 19.4. The average Bonchev–Trinajstić information content (AvgIpc) is 2.65. The van der Waals surface area contributed by atoms with Crippen molar-refractivity contribution in [3.8, 4) is 0 Å². The van der Waals surface area contributed by atoms with Crippen LogP contribution in [0.5, 0.6) is 0 Å². The van der Waals surface area contributed by atoms with Gasteiger partial charge in [0, 0.05) is 36.5 Å². The van der Waals surface area contributed by atoms with Crippen LogP contribution < -0.4 is 10.6 Å². The second-order valence-electron chi connectivity index (χ2n) is 6.21. The summed E-state index contributed by atoms with van der Waals surface area (Å²) in [6.07, 6.45) is 4.91. The monoisotopic (exact) mass is 355 g/mol. The molecule has 0 heterocycles. The Balaban J connectivity index is 1.78. The van der Waals surface area contributed by atoms with E-state index >= 15 is 0 Å². The highest BCUT2D eigenvalue weighted by atomic mass is 16.6. The Morgan fingerprint density at radius 2 is 1.62 bits per heavy atom. The summed E-state index contributed by atoms with van der Waals surface area (Å²) in [5, 5.41) is 16.8. The molecule has 2 aromatic rings. The van der Waals surface area contributed by atoms with Gasteiger partial charge in [-0.1, -0.05) is 38.3 Å². The standard InChI is InChI=1S/C20H25N3O3/c1-2-3-4-5-6-20(24)22-18-11-9-17(10-12-18)21-15-16-7-13-19(14-8-16)23(25)26/h7-14,21H,2-6,15H2,1H3,(H,22,24). The van der Waals surface area contributed by atoms with E-state index in [0.29, 0.717) is 13.0 Å². The van der Waals surface area contributed by atoms with Gasteiger partial charge in [-0.15, -0.1) is 0 Å². The van der Waals surface area contributed by atoms with Gasteiger partial charge in [-0.25, -0.2) is 0 Å². The summed E-state index contributed by atoms with van der Waals surface area (Å²) in [5.74, 6) is 0.0488. The summed E-state index contributed by atoms with van der Waals surface area (Å²) in [5.41, 5.74) is 2.75. The fraction of sp³-hybridized carbons (Fsp3) is 0.350. The molecule has 0 aliphatic heterocycles. The summed E-state index contributed by atoms with van der Waals surface area (Å²) in [7, 11) is 0. The fourth-order valence-corrected chi connectivity index (χ4v) is 2.55. The summed E-state index contributed by atoms with van der Waals surface area (Å²) >= 11 is 0. The van der Waals surface area contributed by atoms with Crippen molar-refractivity contribution in [3.05, 3.63) is 64.2 Å². The first-order chi connectivity index (χ1) is 12.6. The van der Waals surface area contributed by atoms with Crippen molar-refractivity contribution in [2.75, 3.05) is 10.6 Å². The van der Waals surface area contributed by atoms with E-state index in [9.17, 15) is 14.9 Å². The van der Waals surface area contributed by atoms with E-state index in [4.69, 9.17) is 0 Å². The quantitative estimate of drug-likeness (QED) is 0.352. The number of carbonyl (C=O) groups excluding carboxylic acids is 1. The van der Waals surface area contributed by atoms with E-state index in [1.165, 1.54) is 18.6 Å². The smallest absolute Gasteiger partial charge is 0.269 e. The molecule has 1 amide bonds. The molecule has 6 heteroatoms. The van der Waals surface area contributed by atoms with Crippen molar-refractivity contribution >= 4 is 23.0 Å². The van der Waals surface area contributed by atoms with Gasteiger partial charge in [-0.2, -0.15) is 0 Å². The molecular weight excluding hydrogens is 330 g/mol. The first-order valence-electron chi connectivity index (χ1n) is 8.95. The lowest BCUT2D eigenvalue weighted by molar-refractivity contribution is -0.384. The molecule has 0 fully saturated rings. The minimum atomic E-state index is -0.409. The van der Waals surface area contributed by atoms with Gasteiger partial charge in [0.2, 0.25) is 5.91 Å². The maximum Gasteiger partial charge on any atom is 0.269 e. The third-order valence-electron chi connectivity index (χ3n) is 4.07. The van der Waals surface area contributed by atoms with Gasteiger partial charge in [0.15, 0.2) is 0 Å². The zero-order valence-corrected chi connectivity index (χ0v) is 15.0. The van der Waals surface area contributed by atoms with Crippen molar-refractivity contribution in [2.45, 2.75) is 45.6 Å². The molecule has 6 nitrogen and oxygen atoms in total.